The summed E-state index contributed by atoms with van der Waals surface area (Å²) >= 11 is 0. The summed E-state index contributed by atoms with van der Waals surface area (Å²) < 4.78 is 2.07. The number of benzene rings is 1. The molecule has 2 aromatic rings. The Morgan fingerprint density at radius 1 is 1.00 bits per heavy atom. The van der Waals surface area contributed by atoms with Gasteiger partial charge >= 0.3 is 0 Å². The summed E-state index contributed by atoms with van der Waals surface area (Å²) in [5.41, 5.74) is 6.96. The van der Waals surface area contributed by atoms with Gasteiger partial charge in [-0.1, -0.05) is 18.2 Å². The molecule has 0 fully saturated rings. The minimum atomic E-state index is 0.912. The van der Waals surface area contributed by atoms with Crippen LogP contribution in [0.15, 0.2) is 66.2 Å². The van der Waals surface area contributed by atoms with Crippen molar-refractivity contribution in [1.82, 2.24) is 9.99 Å². The summed E-state index contributed by atoms with van der Waals surface area (Å²) in [6.45, 7) is 0. The first-order chi connectivity index (χ1) is 7.93. The van der Waals surface area contributed by atoms with Gasteiger partial charge in [-0.05, 0) is 24.3 Å². The van der Waals surface area contributed by atoms with E-state index in [0.29, 0.717) is 0 Å². The molecule has 3 heteroatoms. The lowest BCUT2D eigenvalue weighted by molar-refractivity contribution is 0.972. The predicted molar refractivity (Wildman–Crippen MR) is 63.6 cm³/mol. The molecule has 3 rings (SSSR count). The molecule has 0 spiro atoms. The highest BCUT2D eigenvalue weighted by Crippen LogP contribution is 2.12. The van der Waals surface area contributed by atoms with Crippen LogP contribution in [0, 0.1) is 0 Å². The van der Waals surface area contributed by atoms with Gasteiger partial charge in [0.2, 0.25) is 0 Å². The van der Waals surface area contributed by atoms with Gasteiger partial charge in [-0.3, -0.25) is 0 Å². The molecule has 1 aliphatic heterocycles. The SMILES string of the molecule is C1=CC(c2ccn(-c3ccccc3)c2)=N[N]1. The van der Waals surface area contributed by atoms with E-state index < -0.39 is 0 Å². The van der Waals surface area contributed by atoms with Crippen molar-refractivity contribution in [2.75, 3.05) is 0 Å². The molecule has 3 nitrogen and oxygen atoms in total. The fraction of sp³-hybridized carbons (Fsp3) is 0. The van der Waals surface area contributed by atoms with Gasteiger partial charge in [0.25, 0.3) is 0 Å². The van der Waals surface area contributed by atoms with Crippen molar-refractivity contribution in [2.45, 2.75) is 0 Å². The van der Waals surface area contributed by atoms with E-state index in [9.17, 15) is 0 Å². The van der Waals surface area contributed by atoms with Crippen molar-refractivity contribution in [3.05, 3.63) is 66.6 Å². The molecule has 1 radical (unpaired) electrons. The number of nitrogens with zero attached hydrogens (tertiary/aromatic N) is 3. The molecule has 0 saturated heterocycles. The van der Waals surface area contributed by atoms with Crippen LogP contribution in [0.3, 0.4) is 0 Å². The molecular formula is C13H10N3. The van der Waals surface area contributed by atoms with E-state index in [-0.39, 0.29) is 0 Å². The molecule has 77 valence electrons. The highest BCUT2D eigenvalue weighted by Gasteiger charge is 2.06. The molecule has 16 heavy (non-hydrogen) atoms. The molecular weight excluding hydrogens is 198 g/mol. The fourth-order valence-corrected chi connectivity index (χ4v) is 1.70. The number of hydrogen-bond donors (Lipinski definition) is 0. The lowest BCUT2D eigenvalue weighted by atomic mass is 10.2. The predicted octanol–water partition coefficient (Wildman–Crippen LogP) is 2.31. The van der Waals surface area contributed by atoms with Gasteiger partial charge in [0.15, 0.2) is 0 Å². The smallest absolute Gasteiger partial charge is 0.0960 e. The third kappa shape index (κ3) is 1.52. The van der Waals surface area contributed by atoms with Crippen molar-refractivity contribution in [2.24, 2.45) is 5.10 Å². The maximum Gasteiger partial charge on any atom is 0.0960 e. The highest BCUT2D eigenvalue weighted by molar-refractivity contribution is 6.09. The van der Waals surface area contributed by atoms with Gasteiger partial charge in [0.05, 0.1) is 11.9 Å². The number of allylic oxidation sites excluding steroid dienone is 1. The monoisotopic (exact) mass is 208 g/mol. The maximum absolute atomic E-state index is 4.03. The molecule has 0 unspecified atom stereocenters. The average molecular weight is 208 g/mol. The van der Waals surface area contributed by atoms with Crippen molar-refractivity contribution >= 4 is 5.71 Å². The Balaban J connectivity index is 1.97. The van der Waals surface area contributed by atoms with Crippen LogP contribution in [0.4, 0.5) is 0 Å². The Morgan fingerprint density at radius 2 is 1.88 bits per heavy atom. The number of rotatable bonds is 2. The zero-order valence-corrected chi connectivity index (χ0v) is 8.62. The van der Waals surface area contributed by atoms with E-state index in [0.717, 1.165) is 17.0 Å². The Kier molecular flexibility index (Phi) is 2.07. The Bertz CT molecular complexity index is 550. The van der Waals surface area contributed by atoms with Crippen LogP contribution in [0.2, 0.25) is 0 Å². The second-order valence-electron chi connectivity index (χ2n) is 3.56. The van der Waals surface area contributed by atoms with Gasteiger partial charge < -0.3 is 4.57 Å². The number of aromatic nitrogens is 1. The minimum Gasteiger partial charge on any atom is -0.323 e. The van der Waals surface area contributed by atoms with Gasteiger partial charge in [0, 0.05) is 23.6 Å². The van der Waals surface area contributed by atoms with E-state index in [1.807, 2.05) is 36.5 Å². The standard InChI is InChI=1S/C13H10N3/c1-2-4-12(5-3-1)16-9-7-11(10-16)13-6-8-14-15-13/h1-10H. The van der Waals surface area contributed by atoms with E-state index in [1.54, 1.807) is 6.20 Å². The summed E-state index contributed by atoms with van der Waals surface area (Å²) in [5.74, 6) is 0. The number of para-hydroxylation sites is 1. The third-order valence-corrected chi connectivity index (χ3v) is 2.51. The van der Waals surface area contributed by atoms with Crippen LogP contribution in [0.1, 0.15) is 5.56 Å². The molecule has 2 heterocycles. The van der Waals surface area contributed by atoms with Gasteiger partial charge in [-0.25, -0.2) is 0 Å². The van der Waals surface area contributed by atoms with Crippen molar-refractivity contribution in [1.29, 1.82) is 0 Å². The van der Waals surface area contributed by atoms with Crippen molar-refractivity contribution in [3.8, 4) is 5.69 Å². The minimum absolute atomic E-state index is 0.912. The summed E-state index contributed by atoms with van der Waals surface area (Å²) in [6, 6.07) is 12.2. The lowest BCUT2D eigenvalue weighted by Gasteiger charge is -2.00. The van der Waals surface area contributed by atoms with Crippen LogP contribution in [-0.2, 0) is 0 Å². The van der Waals surface area contributed by atoms with E-state index in [2.05, 4.69) is 33.4 Å². The van der Waals surface area contributed by atoms with E-state index in [4.69, 9.17) is 0 Å². The van der Waals surface area contributed by atoms with Gasteiger partial charge in [-0.2, -0.15) is 10.5 Å². The Hall–Kier alpha value is -2.29. The molecule has 0 N–H and O–H groups in total. The lowest BCUT2D eigenvalue weighted by Crippen LogP contribution is -1.93. The summed E-state index contributed by atoms with van der Waals surface area (Å²) in [7, 11) is 0. The van der Waals surface area contributed by atoms with Crippen LogP contribution in [0.25, 0.3) is 5.69 Å². The normalized spacial score (nSPS) is 13.6. The Labute approximate surface area is 93.7 Å². The quantitative estimate of drug-likeness (QED) is 0.725. The van der Waals surface area contributed by atoms with Crippen molar-refractivity contribution < 1.29 is 0 Å². The molecule has 0 saturated carbocycles. The second kappa shape index (κ2) is 3.70. The first-order valence-electron chi connectivity index (χ1n) is 5.12. The first kappa shape index (κ1) is 8.97. The zero-order chi connectivity index (χ0) is 10.8. The summed E-state index contributed by atoms with van der Waals surface area (Å²) in [4.78, 5) is 0. The molecule has 1 aromatic heterocycles. The van der Waals surface area contributed by atoms with Gasteiger partial charge in [-0.15, -0.1) is 0 Å². The van der Waals surface area contributed by atoms with Crippen LogP contribution < -0.4 is 5.43 Å². The molecule has 0 amide bonds. The van der Waals surface area contributed by atoms with Crippen LogP contribution in [0.5, 0.6) is 0 Å². The fourth-order valence-electron chi connectivity index (χ4n) is 1.70. The number of hydrogen-bond acceptors (Lipinski definition) is 1. The Morgan fingerprint density at radius 3 is 2.62 bits per heavy atom. The maximum atomic E-state index is 4.03. The molecule has 1 aromatic carbocycles. The van der Waals surface area contributed by atoms with E-state index in [1.165, 1.54) is 0 Å². The van der Waals surface area contributed by atoms with Crippen molar-refractivity contribution in [3.63, 3.8) is 0 Å². The van der Waals surface area contributed by atoms with Crippen LogP contribution in [-0.4, -0.2) is 10.3 Å². The highest BCUT2D eigenvalue weighted by atomic mass is 15.3. The largest absolute Gasteiger partial charge is 0.323 e. The third-order valence-electron chi connectivity index (χ3n) is 2.51. The topological polar surface area (TPSA) is 31.4 Å². The summed E-state index contributed by atoms with van der Waals surface area (Å²) in [6.07, 6.45) is 7.69. The zero-order valence-electron chi connectivity index (χ0n) is 8.62. The molecule has 0 bridgehead atoms. The van der Waals surface area contributed by atoms with Crippen LogP contribution >= 0.6 is 0 Å². The molecule has 0 aliphatic carbocycles. The first-order valence-corrected chi connectivity index (χ1v) is 5.12. The average Bonchev–Trinajstić information content (AvgIpc) is 3.01. The van der Waals surface area contributed by atoms with Gasteiger partial charge in [0.1, 0.15) is 0 Å². The van der Waals surface area contributed by atoms with E-state index >= 15 is 0 Å². The molecule has 1 aliphatic rings. The summed E-state index contributed by atoms with van der Waals surface area (Å²) in [5, 5.41) is 4.03. The molecule has 0 atom stereocenters. The second-order valence-corrected chi connectivity index (χ2v) is 3.56.